The standard InChI is InChI=1S/C15H22/c1-10(2)13-7-5-11(3)14-8-6-12(4)15(14)9-13/h6,9-11H,5,7-8H2,1-4H3/t11-/m1/s1. The molecule has 0 bridgehead atoms. The summed E-state index contributed by atoms with van der Waals surface area (Å²) in [5, 5.41) is 0. The van der Waals surface area contributed by atoms with E-state index in [-0.39, 0.29) is 0 Å². The molecule has 0 saturated carbocycles. The molecule has 0 amide bonds. The minimum absolute atomic E-state index is 0.706. The Morgan fingerprint density at radius 1 is 1.33 bits per heavy atom. The van der Waals surface area contributed by atoms with Crippen LogP contribution in [0.4, 0.5) is 0 Å². The predicted octanol–water partition coefficient (Wildman–Crippen LogP) is 4.65. The van der Waals surface area contributed by atoms with E-state index in [4.69, 9.17) is 0 Å². The van der Waals surface area contributed by atoms with Crippen molar-refractivity contribution in [2.45, 2.75) is 47.0 Å². The van der Waals surface area contributed by atoms with Gasteiger partial charge in [0.25, 0.3) is 0 Å². The van der Waals surface area contributed by atoms with E-state index in [0.29, 0.717) is 5.92 Å². The van der Waals surface area contributed by atoms with Gasteiger partial charge < -0.3 is 0 Å². The first kappa shape index (κ1) is 10.7. The van der Waals surface area contributed by atoms with Gasteiger partial charge in [-0.15, -0.1) is 0 Å². The quantitative estimate of drug-likeness (QED) is 0.581. The topological polar surface area (TPSA) is 0 Å². The third kappa shape index (κ3) is 1.95. The zero-order chi connectivity index (χ0) is 11.0. The first-order valence-corrected chi connectivity index (χ1v) is 6.20. The maximum absolute atomic E-state index is 2.47. The molecule has 82 valence electrons. The van der Waals surface area contributed by atoms with Gasteiger partial charge >= 0.3 is 0 Å². The van der Waals surface area contributed by atoms with Crippen LogP contribution in [0.2, 0.25) is 0 Å². The van der Waals surface area contributed by atoms with E-state index in [0.717, 1.165) is 5.92 Å². The van der Waals surface area contributed by atoms with E-state index in [2.05, 4.69) is 39.8 Å². The van der Waals surface area contributed by atoms with Crippen molar-refractivity contribution in [1.82, 2.24) is 0 Å². The van der Waals surface area contributed by atoms with Crippen LogP contribution >= 0.6 is 0 Å². The largest absolute Gasteiger partial charge is 0.0769 e. The Morgan fingerprint density at radius 3 is 2.73 bits per heavy atom. The Bertz CT molecular complexity index is 350. The van der Waals surface area contributed by atoms with Crippen LogP contribution in [0.25, 0.3) is 0 Å². The molecular formula is C15H22. The lowest BCUT2D eigenvalue weighted by Gasteiger charge is -2.12. The number of allylic oxidation sites excluding steroid dienone is 6. The van der Waals surface area contributed by atoms with Gasteiger partial charge in [-0.1, -0.05) is 44.1 Å². The molecule has 0 spiro atoms. The van der Waals surface area contributed by atoms with Crippen LogP contribution < -0.4 is 0 Å². The summed E-state index contributed by atoms with van der Waals surface area (Å²) < 4.78 is 0. The summed E-state index contributed by atoms with van der Waals surface area (Å²) in [5.41, 5.74) is 6.38. The van der Waals surface area contributed by atoms with Gasteiger partial charge in [0.15, 0.2) is 0 Å². The van der Waals surface area contributed by atoms with Crippen molar-refractivity contribution in [3.05, 3.63) is 34.4 Å². The lowest BCUT2D eigenvalue weighted by atomic mass is 9.93. The zero-order valence-corrected chi connectivity index (χ0v) is 10.4. The molecule has 0 nitrogen and oxygen atoms in total. The van der Waals surface area contributed by atoms with Crippen LogP contribution in [0.1, 0.15) is 47.0 Å². The van der Waals surface area contributed by atoms with E-state index >= 15 is 0 Å². The maximum atomic E-state index is 2.47. The molecule has 0 radical (unpaired) electrons. The second-order valence-corrected chi connectivity index (χ2v) is 5.34. The van der Waals surface area contributed by atoms with Crippen LogP contribution in [0.3, 0.4) is 0 Å². The van der Waals surface area contributed by atoms with Gasteiger partial charge in [0, 0.05) is 0 Å². The normalized spacial score (nSPS) is 26.3. The van der Waals surface area contributed by atoms with Crippen molar-refractivity contribution in [2.24, 2.45) is 11.8 Å². The summed E-state index contributed by atoms with van der Waals surface area (Å²) >= 11 is 0. The van der Waals surface area contributed by atoms with E-state index in [1.165, 1.54) is 24.8 Å². The Morgan fingerprint density at radius 2 is 2.07 bits per heavy atom. The van der Waals surface area contributed by atoms with Gasteiger partial charge in [-0.2, -0.15) is 0 Å². The van der Waals surface area contributed by atoms with Gasteiger partial charge in [0.05, 0.1) is 0 Å². The molecule has 0 unspecified atom stereocenters. The van der Waals surface area contributed by atoms with Crippen molar-refractivity contribution < 1.29 is 0 Å². The molecule has 0 aliphatic heterocycles. The molecule has 1 atom stereocenters. The summed E-state index contributed by atoms with van der Waals surface area (Å²) in [6.07, 6.45) is 8.69. The molecular weight excluding hydrogens is 180 g/mol. The minimum Gasteiger partial charge on any atom is -0.0769 e. The van der Waals surface area contributed by atoms with E-state index in [9.17, 15) is 0 Å². The summed E-state index contributed by atoms with van der Waals surface area (Å²) in [4.78, 5) is 0. The minimum atomic E-state index is 0.706. The van der Waals surface area contributed by atoms with E-state index in [1.54, 1.807) is 16.7 Å². The van der Waals surface area contributed by atoms with Crippen LogP contribution in [-0.4, -0.2) is 0 Å². The molecule has 0 fully saturated rings. The molecule has 0 N–H and O–H groups in total. The molecule has 0 heteroatoms. The summed E-state index contributed by atoms with van der Waals surface area (Å²) in [5.74, 6) is 1.48. The van der Waals surface area contributed by atoms with E-state index < -0.39 is 0 Å². The number of rotatable bonds is 1. The Hall–Kier alpha value is -0.780. The summed E-state index contributed by atoms with van der Waals surface area (Å²) in [6.45, 7) is 9.28. The van der Waals surface area contributed by atoms with Crippen molar-refractivity contribution in [3.8, 4) is 0 Å². The second kappa shape index (κ2) is 4.00. The highest BCUT2D eigenvalue weighted by Crippen LogP contribution is 2.39. The average molecular weight is 202 g/mol. The van der Waals surface area contributed by atoms with Gasteiger partial charge in [0.1, 0.15) is 0 Å². The van der Waals surface area contributed by atoms with Gasteiger partial charge in [-0.25, -0.2) is 0 Å². The highest BCUT2D eigenvalue weighted by Gasteiger charge is 2.22. The number of hydrogen-bond acceptors (Lipinski definition) is 0. The van der Waals surface area contributed by atoms with Crippen LogP contribution in [0.5, 0.6) is 0 Å². The van der Waals surface area contributed by atoms with Gasteiger partial charge in [-0.3, -0.25) is 0 Å². The molecule has 0 aromatic heterocycles. The fourth-order valence-corrected chi connectivity index (χ4v) is 2.68. The Balaban J connectivity index is 2.38. The Labute approximate surface area is 93.8 Å². The maximum Gasteiger partial charge on any atom is -0.0121 e. The second-order valence-electron chi connectivity index (χ2n) is 5.34. The van der Waals surface area contributed by atoms with E-state index in [1.807, 2.05) is 0 Å². The molecule has 0 aromatic carbocycles. The smallest absolute Gasteiger partial charge is 0.0121 e. The average Bonchev–Trinajstić information content (AvgIpc) is 2.43. The third-order valence-electron chi connectivity index (χ3n) is 3.93. The van der Waals surface area contributed by atoms with Crippen LogP contribution in [0.15, 0.2) is 34.4 Å². The lowest BCUT2D eigenvalue weighted by molar-refractivity contribution is 0.581. The predicted molar refractivity (Wildman–Crippen MR) is 66.7 cm³/mol. The van der Waals surface area contributed by atoms with Crippen molar-refractivity contribution in [2.75, 3.05) is 0 Å². The highest BCUT2D eigenvalue weighted by molar-refractivity contribution is 5.51. The first-order valence-electron chi connectivity index (χ1n) is 6.20. The third-order valence-corrected chi connectivity index (χ3v) is 3.93. The van der Waals surface area contributed by atoms with Crippen molar-refractivity contribution >= 4 is 0 Å². The van der Waals surface area contributed by atoms with Gasteiger partial charge in [-0.05, 0) is 49.2 Å². The van der Waals surface area contributed by atoms with Crippen molar-refractivity contribution in [3.63, 3.8) is 0 Å². The monoisotopic (exact) mass is 202 g/mol. The molecule has 0 heterocycles. The fraction of sp³-hybridized carbons (Fsp3) is 0.600. The molecule has 2 aliphatic carbocycles. The molecule has 2 aliphatic rings. The van der Waals surface area contributed by atoms with Crippen LogP contribution in [0, 0.1) is 11.8 Å². The lowest BCUT2D eigenvalue weighted by Crippen LogP contribution is -1.99. The zero-order valence-electron chi connectivity index (χ0n) is 10.4. The molecule has 0 aromatic rings. The highest BCUT2D eigenvalue weighted by atomic mass is 14.3. The molecule has 0 saturated heterocycles. The SMILES string of the molecule is CC1=CCC2=C1C=C(C(C)C)CC[C@H]2C. The van der Waals surface area contributed by atoms with Gasteiger partial charge in [0.2, 0.25) is 0 Å². The summed E-state index contributed by atoms with van der Waals surface area (Å²) in [7, 11) is 0. The summed E-state index contributed by atoms with van der Waals surface area (Å²) in [6, 6.07) is 0. The Kier molecular flexibility index (Phi) is 2.86. The first-order chi connectivity index (χ1) is 7.09. The van der Waals surface area contributed by atoms with Crippen molar-refractivity contribution in [1.29, 1.82) is 0 Å². The van der Waals surface area contributed by atoms with Crippen LogP contribution in [-0.2, 0) is 0 Å². The fourth-order valence-electron chi connectivity index (χ4n) is 2.68. The molecule has 15 heavy (non-hydrogen) atoms. The molecule has 2 rings (SSSR count). The number of hydrogen-bond donors (Lipinski definition) is 0.